The van der Waals surface area contributed by atoms with Gasteiger partial charge in [0.2, 0.25) is 5.91 Å². The van der Waals surface area contributed by atoms with Crippen LogP contribution in [-0.4, -0.2) is 43.7 Å². The molecular formula is C27H27N3O3S. The molecule has 7 heteroatoms. The van der Waals surface area contributed by atoms with Crippen molar-refractivity contribution >= 4 is 34.7 Å². The van der Waals surface area contributed by atoms with Crippen LogP contribution in [0.2, 0.25) is 0 Å². The summed E-state index contributed by atoms with van der Waals surface area (Å²) in [6.45, 7) is 1.06. The molecule has 6 nitrogen and oxygen atoms in total. The summed E-state index contributed by atoms with van der Waals surface area (Å²) in [5, 5.41) is 10.0. The molecule has 0 saturated carbocycles. The summed E-state index contributed by atoms with van der Waals surface area (Å²) in [7, 11) is 0. The number of amides is 1. The molecule has 34 heavy (non-hydrogen) atoms. The minimum atomic E-state index is -0.898. The van der Waals surface area contributed by atoms with Gasteiger partial charge in [0.15, 0.2) is 5.16 Å². The Hall–Kier alpha value is -3.58. The number of aliphatic carboxylic acids is 1. The van der Waals surface area contributed by atoms with Gasteiger partial charge in [-0.3, -0.25) is 9.59 Å². The summed E-state index contributed by atoms with van der Waals surface area (Å²) in [5.74, 6) is -0.0731. The van der Waals surface area contributed by atoms with Gasteiger partial charge in [0.05, 0.1) is 17.5 Å². The molecule has 1 amide bonds. The number of imidazole rings is 1. The third-order valence-corrected chi connectivity index (χ3v) is 6.55. The lowest BCUT2D eigenvalue weighted by atomic mass is 10.1. The van der Waals surface area contributed by atoms with Crippen LogP contribution in [0.25, 0.3) is 11.0 Å². The van der Waals surface area contributed by atoms with Crippen LogP contribution in [-0.2, 0) is 29.1 Å². The Labute approximate surface area is 203 Å². The van der Waals surface area contributed by atoms with E-state index in [4.69, 9.17) is 0 Å². The van der Waals surface area contributed by atoms with Crippen LogP contribution in [0.5, 0.6) is 0 Å². The SMILES string of the molecule is O=C(O)Cn1c(SCCCN(Cc2ccccc2)C(=O)Cc2ccccc2)nc2ccccc21. The predicted molar refractivity (Wildman–Crippen MR) is 135 cm³/mol. The summed E-state index contributed by atoms with van der Waals surface area (Å²) < 4.78 is 1.74. The molecular weight excluding hydrogens is 446 g/mol. The number of carboxylic acids is 1. The lowest BCUT2D eigenvalue weighted by molar-refractivity contribution is -0.137. The second kappa shape index (κ2) is 11.5. The number of thioether (sulfide) groups is 1. The number of aromatic nitrogens is 2. The highest BCUT2D eigenvalue weighted by Crippen LogP contribution is 2.25. The van der Waals surface area contributed by atoms with Gasteiger partial charge in [0, 0.05) is 18.8 Å². The van der Waals surface area contributed by atoms with E-state index in [1.165, 1.54) is 11.8 Å². The Morgan fingerprint density at radius 2 is 1.53 bits per heavy atom. The molecule has 0 aliphatic heterocycles. The van der Waals surface area contributed by atoms with Gasteiger partial charge in [0.25, 0.3) is 0 Å². The molecule has 0 saturated heterocycles. The zero-order valence-electron chi connectivity index (χ0n) is 18.8. The van der Waals surface area contributed by atoms with Crippen molar-refractivity contribution in [3.63, 3.8) is 0 Å². The fourth-order valence-corrected chi connectivity index (χ4v) is 4.79. The van der Waals surface area contributed by atoms with Crippen LogP contribution in [0.1, 0.15) is 17.5 Å². The molecule has 0 unspecified atom stereocenters. The zero-order valence-corrected chi connectivity index (χ0v) is 19.7. The van der Waals surface area contributed by atoms with E-state index in [1.807, 2.05) is 89.8 Å². The Balaban J connectivity index is 1.41. The maximum atomic E-state index is 13.1. The highest BCUT2D eigenvalue weighted by atomic mass is 32.2. The van der Waals surface area contributed by atoms with Gasteiger partial charge < -0.3 is 14.6 Å². The molecule has 4 rings (SSSR count). The number of benzene rings is 3. The zero-order chi connectivity index (χ0) is 23.8. The molecule has 0 aliphatic carbocycles. The number of hydrogen-bond acceptors (Lipinski definition) is 4. The number of hydrogen-bond donors (Lipinski definition) is 1. The highest BCUT2D eigenvalue weighted by Gasteiger charge is 2.16. The van der Waals surface area contributed by atoms with Gasteiger partial charge in [-0.2, -0.15) is 0 Å². The van der Waals surface area contributed by atoms with Crippen molar-refractivity contribution in [2.45, 2.75) is 31.1 Å². The Morgan fingerprint density at radius 3 is 2.24 bits per heavy atom. The lowest BCUT2D eigenvalue weighted by Gasteiger charge is -2.23. The van der Waals surface area contributed by atoms with E-state index in [-0.39, 0.29) is 12.5 Å². The smallest absolute Gasteiger partial charge is 0.323 e. The van der Waals surface area contributed by atoms with Crippen LogP contribution < -0.4 is 0 Å². The van der Waals surface area contributed by atoms with Gasteiger partial charge in [-0.15, -0.1) is 0 Å². The van der Waals surface area contributed by atoms with Gasteiger partial charge in [0.1, 0.15) is 6.54 Å². The maximum Gasteiger partial charge on any atom is 0.323 e. The van der Waals surface area contributed by atoms with Crippen molar-refractivity contribution in [2.24, 2.45) is 0 Å². The summed E-state index contributed by atoms with van der Waals surface area (Å²) in [6, 6.07) is 27.4. The van der Waals surface area contributed by atoms with Crippen LogP contribution in [0.4, 0.5) is 0 Å². The molecule has 0 atom stereocenters. The van der Waals surface area contributed by atoms with Crippen LogP contribution in [0.15, 0.2) is 90.1 Å². The van der Waals surface area contributed by atoms with Crippen molar-refractivity contribution in [1.82, 2.24) is 14.5 Å². The van der Waals surface area contributed by atoms with Crippen molar-refractivity contribution in [2.75, 3.05) is 12.3 Å². The largest absolute Gasteiger partial charge is 0.480 e. The third-order valence-electron chi connectivity index (χ3n) is 5.48. The number of carbonyl (C=O) groups is 2. The van der Waals surface area contributed by atoms with Crippen LogP contribution in [0, 0.1) is 0 Å². The number of fused-ring (bicyclic) bond motifs is 1. The molecule has 1 N–H and O–H groups in total. The van der Waals surface area contributed by atoms with Crippen molar-refractivity contribution < 1.29 is 14.7 Å². The molecule has 1 aromatic heterocycles. The molecule has 4 aromatic rings. The maximum absolute atomic E-state index is 13.1. The Kier molecular flexibility index (Phi) is 7.99. The van der Waals surface area contributed by atoms with Gasteiger partial charge in [-0.1, -0.05) is 84.6 Å². The van der Waals surface area contributed by atoms with E-state index in [9.17, 15) is 14.7 Å². The Bertz CT molecular complexity index is 1240. The monoisotopic (exact) mass is 473 g/mol. The third kappa shape index (κ3) is 6.26. The summed E-state index contributed by atoms with van der Waals surface area (Å²) in [6.07, 6.45) is 1.14. The predicted octanol–water partition coefficient (Wildman–Crippen LogP) is 4.87. The molecule has 0 bridgehead atoms. The number of nitrogens with zero attached hydrogens (tertiary/aromatic N) is 3. The summed E-state index contributed by atoms with van der Waals surface area (Å²) >= 11 is 1.53. The average molecular weight is 474 g/mol. The van der Waals surface area contributed by atoms with Gasteiger partial charge in [-0.05, 0) is 29.7 Å². The summed E-state index contributed by atoms with van der Waals surface area (Å²) in [5.41, 5.74) is 3.70. The molecule has 3 aromatic carbocycles. The lowest BCUT2D eigenvalue weighted by Crippen LogP contribution is -2.33. The van der Waals surface area contributed by atoms with Crippen LogP contribution >= 0.6 is 11.8 Å². The minimum absolute atomic E-state index is 0.0955. The Morgan fingerprint density at radius 1 is 0.882 bits per heavy atom. The van der Waals surface area contributed by atoms with E-state index in [0.717, 1.165) is 34.3 Å². The van der Waals surface area contributed by atoms with Crippen molar-refractivity contribution in [3.05, 3.63) is 96.1 Å². The summed E-state index contributed by atoms with van der Waals surface area (Å²) in [4.78, 5) is 31.0. The average Bonchev–Trinajstić information content (AvgIpc) is 3.19. The highest BCUT2D eigenvalue weighted by molar-refractivity contribution is 7.99. The number of carboxylic acid groups (broad SMARTS) is 1. The minimum Gasteiger partial charge on any atom is -0.480 e. The molecule has 0 radical (unpaired) electrons. The second-order valence-corrected chi connectivity index (χ2v) is 9.09. The standard InChI is InChI=1S/C27H27N3O3S/c31-25(18-21-10-3-1-4-11-21)29(19-22-12-5-2-6-13-22)16-9-17-34-27-28-23-14-7-8-15-24(23)30(27)20-26(32)33/h1-8,10-15H,9,16-20H2,(H,32,33). The van der Waals surface area contributed by atoms with Crippen molar-refractivity contribution in [1.29, 1.82) is 0 Å². The van der Waals surface area contributed by atoms with E-state index >= 15 is 0 Å². The molecule has 0 aliphatic rings. The fourth-order valence-electron chi connectivity index (χ4n) is 3.85. The first-order chi connectivity index (χ1) is 16.6. The topological polar surface area (TPSA) is 75.4 Å². The van der Waals surface area contributed by atoms with E-state index in [1.54, 1.807) is 4.57 Å². The van der Waals surface area contributed by atoms with Crippen LogP contribution in [0.3, 0.4) is 0 Å². The van der Waals surface area contributed by atoms with E-state index in [2.05, 4.69) is 4.98 Å². The molecule has 0 fully saturated rings. The quantitative estimate of drug-likeness (QED) is 0.248. The number of para-hydroxylation sites is 2. The normalized spacial score (nSPS) is 10.9. The van der Waals surface area contributed by atoms with Crippen molar-refractivity contribution in [3.8, 4) is 0 Å². The number of rotatable bonds is 11. The molecule has 0 spiro atoms. The molecule has 174 valence electrons. The van der Waals surface area contributed by atoms with Gasteiger partial charge in [-0.25, -0.2) is 4.98 Å². The van der Waals surface area contributed by atoms with E-state index in [0.29, 0.717) is 24.7 Å². The van der Waals surface area contributed by atoms with E-state index < -0.39 is 5.97 Å². The fraction of sp³-hybridized carbons (Fsp3) is 0.222. The first-order valence-corrected chi connectivity index (χ1v) is 12.2. The molecule has 1 heterocycles. The second-order valence-electron chi connectivity index (χ2n) is 8.03. The number of carbonyl (C=O) groups excluding carboxylic acids is 1. The van der Waals surface area contributed by atoms with Gasteiger partial charge >= 0.3 is 5.97 Å². The first kappa shape index (κ1) is 23.6. The first-order valence-electron chi connectivity index (χ1n) is 11.3.